The molecule has 0 spiro atoms. The third-order valence-corrected chi connectivity index (χ3v) is 5.33. The van der Waals surface area contributed by atoms with E-state index in [0.29, 0.717) is 12.8 Å². The lowest BCUT2D eigenvalue weighted by molar-refractivity contribution is -0.121. The molecule has 0 bridgehead atoms. The molecule has 2 atom stereocenters. The Morgan fingerprint density at radius 2 is 2.06 bits per heavy atom. The SMILES string of the molecule is N[C@]1(C(=O)NS(=O)(=O)C2CC2)C[C@H]1CCC(F)F. The van der Waals surface area contributed by atoms with Crippen LogP contribution in [0.1, 0.15) is 32.1 Å². The highest BCUT2D eigenvalue weighted by molar-refractivity contribution is 7.90. The summed E-state index contributed by atoms with van der Waals surface area (Å²) in [6.45, 7) is 0. The molecule has 2 fully saturated rings. The van der Waals surface area contributed by atoms with Crippen molar-refractivity contribution in [3.63, 3.8) is 0 Å². The first-order valence-corrected chi connectivity index (χ1v) is 7.43. The largest absolute Gasteiger partial charge is 0.317 e. The lowest BCUT2D eigenvalue weighted by atomic mass is 10.1. The number of alkyl halides is 2. The van der Waals surface area contributed by atoms with E-state index in [9.17, 15) is 22.0 Å². The molecule has 0 unspecified atom stereocenters. The van der Waals surface area contributed by atoms with E-state index in [4.69, 9.17) is 5.73 Å². The van der Waals surface area contributed by atoms with E-state index in [1.807, 2.05) is 4.72 Å². The highest BCUT2D eigenvalue weighted by Crippen LogP contribution is 2.45. The van der Waals surface area contributed by atoms with Crippen molar-refractivity contribution in [2.24, 2.45) is 11.7 Å². The molecule has 0 saturated heterocycles. The van der Waals surface area contributed by atoms with E-state index in [1.54, 1.807) is 0 Å². The van der Waals surface area contributed by atoms with Gasteiger partial charge < -0.3 is 5.73 Å². The number of carbonyl (C=O) groups excluding carboxylic acids is 1. The highest BCUT2D eigenvalue weighted by atomic mass is 32.2. The number of nitrogens with two attached hydrogens (primary N) is 1. The average Bonchev–Trinajstić information content (AvgIpc) is 3.09. The molecule has 0 aromatic carbocycles. The zero-order valence-corrected chi connectivity index (χ0v) is 10.6. The standard InChI is InChI=1S/C10H16F2N2O3S/c11-8(12)4-1-6-5-10(6,13)9(15)14-18(16,17)7-2-3-7/h6-8H,1-5,13H2,(H,14,15)/t6-,10-/m1/s1. The van der Waals surface area contributed by atoms with Crippen molar-refractivity contribution in [3.05, 3.63) is 0 Å². The summed E-state index contributed by atoms with van der Waals surface area (Å²) in [4.78, 5) is 11.7. The molecule has 2 saturated carbocycles. The maximum Gasteiger partial charge on any atom is 0.253 e. The average molecular weight is 282 g/mol. The van der Waals surface area contributed by atoms with E-state index < -0.39 is 33.1 Å². The first-order valence-electron chi connectivity index (χ1n) is 5.89. The van der Waals surface area contributed by atoms with Crippen LogP contribution < -0.4 is 10.5 Å². The molecule has 104 valence electrons. The summed E-state index contributed by atoms with van der Waals surface area (Å²) >= 11 is 0. The zero-order chi connectivity index (χ0) is 13.6. The fraction of sp³-hybridized carbons (Fsp3) is 0.900. The number of nitrogens with one attached hydrogen (secondary N) is 1. The predicted molar refractivity (Wildman–Crippen MR) is 60.3 cm³/mol. The van der Waals surface area contributed by atoms with E-state index in [0.717, 1.165) is 0 Å². The molecule has 0 aromatic heterocycles. The third kappa shape index (κ3) is 2.80. The van der Waals surface area contributed by atoms with Crippen LogP contribution in [-0.2, 0) is 14.8 Å². The van der Waals surface area contributed by atoms with Crippen LogP contribution in [0.5, 0.6) is 0 Å². The fourth-order valence-electron chi connectivity index (χ4n) is 2.00. The molecular formula is C10H16F2N2O3S. The Hall–Kier alpha value is -0.760. The molecule has 8 heteroatoms. The maximum absolute atomic E-state index is 12.0. The van der Waals surface area contributed by atoms with Gasteiger partial charge in [-0.15, -0.1) is 0 Å². The van der Waals surface area contributed by atoms with E-state index in [1.165, 1.54) is 0 Å². The van der Waals surface area contributed by atoms with Gasteiger partial charge in [0.05, 0.1) is 10.8 Å². The number of hydrogen-bond acceptors (Lipinski definition) is 4. The van der Waals surface area contributed by atoms with Crippen molar-refractivity contribution in [3.8, 4) is 0 Å². The number of amides is 1. The van der Waals surface area contributed by atoms with Crippen molar-refractivity contribution < 1.29 is 22.0 Å². The second-order valence-corrected chi connectivity index (χ2v) is 7.05. The highest BCUT2D eigenvalue weighted by Gasteiger charge is 2.57. The zero-order valence-electron chi connectivity index (χ0n) is 9.73. The van der Waals surface area contributed by atoms with Gasteiger partial charge in [0.1, 0.15) is 0 Å². The van der Waals surface area contributed by atoms with E-state index in [2.05, 4.69) is 0 Å². The van der Waals surface area contributed by atoms with Crippen molar-refractivity contribution in [1.29, 1.82) is 0 Å². The van der Waals surface area contributed by atoms with Gasteiger partial charge in [-0.1, -0.05) is 0 Å². The number of carbonyl (C=O) groups is 1. The van der Waals surface area contributed by atoms with Crippen LogP contribution in [0.3, 0.4) is 0 Å². The monoisotopic (exact) mass is 282 g/mol. The van der Waals surface area contributed by atoms with Crippen molar-refractivity contribution in [2.45, 2.75) is 49.3 Å². The fourth-order valence-corrected chi connectivity index (χ4v) is 3.37. The van der Waals surface area contributed by atoms with Gasteiger partial charge >= 0.3 is 0 Å². The van der Waals surface area contributed by atoms with Crippen LogP contribution in [0.4, 0.5) is 8.78 Å². The molecule has 3 N–H and O–H groups in total. The normalized spacial score (nSPS) is 31.4. The number of rotatable bonds is 6. The van der Waals surface area contributed by atoms with E-state index >= 15 is 0 Å². The summed E-state index contributed by atoms with van der Waals surface area (Å²) in [6, 6.07) is 0. The van der Waals surface area contributed by atoms with Gasteiger partial charge in [0.2, 0.25) is 16.4 Å². The van der Waals surface area contributed by atoms with Gasteiger partial charge in [0.15, 0.2) is 0 Å². The number of halogens is 2. The lowest BCUT2D eigenvalue weighted by Crippen LogP contribution is -2.47. The maximum atomic E-state index is 12.0. The summed E-state index contributed by atoms with van der Waals surface area (Å²) in [5.41, 5.74) is 4.45. The van der Waals surface area contributed by atoms with E-state index in [-0.39, 0.29) is 25.2 Å². The summed E-state index contributed by atoms with van der Waals surface area (Å²) in [5, 5.41) is -0.497. The second kappa shape index (κ2) is 4.41. The minimum Gasteiger partial charge on any atom is -0.317 e. The number of sulfonamides is 1. The van der Waals surface area contributed by atoms with Gasteiger partial charge in [-0.2, -0.15) is 0 Å². The predicted octanol–water partition coefficient (Wildman–Crippen LogP) is 0.357. The van der Waals surface area contributed by atoms with Crippen LogP contribution in [-0.4, -0.2) is 31.5 Å². The Kier molecular flexibility index (Phi) is 3.35. The van der Waals surface area contributed by atoms with Gasteiger partial charge in [-0.3, -0.25) is 9.52 Å². The first-order chi connectivity index (χ1) is 8.25. The molecule has 0 aliphatic heterocycles. The van der Waals surface area contributed by atoms with Gasteiger partial charge in [-0.25, -0.2) is 17.2 Å². The Balaban J connectivity index is 1.86. The molecule has 0 radical (unpaired) electrons. The molecule has 0 heterocycles. The summed E-state index contributed by atoms with van der Waals surface area (Å²) in [7, 11) is -3.61. The van der Waals surface area contributed by atoms with Crippen LogP contribution in [0.2, 0.25) is 0 Å². The molecular weight excluding hydrogens is 266 g/mol. The van der Waals surface area contributed by atoms with Gasteiger partial charge in [0.25, 0.3) is 5.91 Å². The summed E-state index contributed by atoms with van der Waals surface area (Å²) in [6.07, 6.45) is -1.22. The molecule has 2 aliphatic carbocycles. The molecule has 2 rings (SSSR count). The van der Waals surface area contributed by atoms with Gasteiger partial charge in [-0.05, 0) is 31.6 Å². The summed E-state index contributed by atoms with van der Waals surface area (Å²) in [5.74, 6) is -1.10. The Bertz CT molecular complexity index is 450. The molecule has 1 amide bonds. The molecule has 0 aromatic rings. The Morgan fingerprint density at radius 1 is 1.44 bits per heavy atom. The summed E-state index contributed by atoms with van der Waals surface area (Å²) < 4.78 is 49.1. The molecule has 2 aliphatic rings. The quantitative estimate of drug-likeness (QED) is 0.736. The molecule has 5 nitrogen and oxygen atoms in total. The van der Waals surface area contributed by atoms with Crippen LogP contribution >= 0.6 is 0 Å². The van der Waals surface area contributed by atoms with Crippen LogP contribution in [0.25, 0.3) is 0 Å². The minimum absolute atomic E-state index is 0.144. The third-order valence-electron chi connectivity index (χ3n) is 3.51. The van der Waals surface area contributed by atoms with Crippen molar-refractivity contribution in [2.75, 3.05) is 0 Å². The van der Waals surface area contributed by atoms with Crippen LogP contribution in [0, 0.1) is 5.92 Å². The number of hydrogen-bond donors (Lipinski definition) is 2. The lowest BCUT2D eigenvalue weighted by Gasteiger charge is -2.12. The second-order valence-electron chi connectivity index (χ2n) is 5.09. The van der Waals surface area contributed by atoms with Crippen molar-refractivity contribution in [1.82, 2.24) is 4.72 Å². The molecule has 18 heavy (non-hydrogen) atoms. The topological polar surface area (TPSA) is 89.3 Å². The smallest absolute Gasteiger partial charge is 0.253 e. The van der Waals surface area contributed by atoms with Crippen molar-refractivity contribution >= 4 is 15.9 Å². The van der Waals surface area contributed by atoms with Crippen LogP contribution in [0.15, 0.2) is 0 Å². The first kappa shape index (κ1) is 13.7. The minimum atomic E-state index is -3.61. The Labute approximate surface area is 104 Å². The van der Waals surface area contributed by atoms with Gasteiger partial charge in [0, 0.05) is 6.42 Å². The Morgan fingerprint density at radius 3 is 2.56 bits per heavy atom.